The van der Waals surface area contributed by atoms with Crippen molar-refractivity contribution in [3.63, 3.8) is 0 Å². The Labute approximate surface area is 125 Å². The fourth-order valence-electron chi connectivity index (χ4n) is 3.79. The minimum Gasteiger partial charge on any atom is -0.480 e. The van der Waals surface area contributed by atoms with Gasteiger partial charge in [0.15, 0.2) is 0 Å². The summed E-state index contributed by atoms with van der Waals surface area (Å²) in [6.07, 6.45) is 9.08. The maximum Gasteiger partial charge on any atom is 0.329 e. The number of carbonyl (C=O) groups is 2. The number of carbonyl (C=O) groups excluding carboxylic acids is 1. The van der Waals surface area contributed by atoms with E-state index in [9.17, 15) is 14.7 Å². The highest BCUT2D eigenvalue weighted by Gasteiger charge is 2.43. The van der Waals surface area contributed by atoms with Crippen LogP contribution in [0.3, 0.4) is 0 Å². The van der Waals surface area contributed by atoms with Crippen LogP contribution in [0.1, 0.15) is 57.8 Å². The van der Waals surface area contributed by atoms with E-state index in [4.69, 9.17) is 0 Å². The van der Waals surface area contributed by atoms with Gasteiger partial charge in [0.1, 0.15) is 5.54 Å². The Kier molecular flexibility index (Phi) is 4.09. The molecule has 2 amide bonds. The van der Waals surface area contributed by atoms with Crippen LogP contribution in [0.25, 0.3) is 0 Å². The summed E-state index contributed by atoms with van der Waals surface area (Å²) in [5, 5.41) is 15.2. The first-order valence-electron chi connectivity index (χ1n) is 8.40. The van der Waals surface area contributed by atoms with Crippen molar-refractivity contribution < 1.29 is 14.7 Å². The molecule has 0 atom stereocenters. The molecular weight excluding hydrogens is 268 g/mol. The second kappa shape index (κ2) is 5.85. The molecule has 5 nitrogen and oxygen atoms in total. The molecule has 3 fully saturated rings. The Morgan fingerprint density at radius 2 is 1.62 bits per heavy atom. The number of carboxylic acid groups (broad SMARTS) is 1. The fraction of sp³-hybridized carbons (Fsp3) is 0.875. The van der Waals surface area contributed by atoms with Crippen LogP contribution >= 0.6 is 0 Å². The average Bonchev–Trinajstić information content (AvgIpc) is 3.34. The van der Waals surface area contributed by atoms with E-state index in [1.807, 2.05) is 0 Å². The molecule has 0 aromatic heterocycles. The molecule has 0 unspecified atom stereocenters. The zero-order valence-electron chi connectivity index (χ0n) is 12.6. The van der Waals surface area contributed by atoms with Crippen LogP contribution in [0.15, 0.2) is 0 Å². The van der Waals surface area contributed by atoms with Crippen LogP contribution in [0, 0.1) is 17.8 Å². The van der Waals surface area contributed by atoms with E-state index in [-0.39, 0.29) is 6.03 Å². The van der Waals surface area contributed by atoms with Gasteiger partial charge in [-0.3, -0.25) is 0 Å². The highest BCUT2D eigenvalue weighted by Crippen LogP contribution is 2.48. The Bertz CT molecular complexity index is 398. The predicted molar refractivity (Wildman–Crippen MR) is 78.9 cm³/mol. The molecule has 0 radical (unpaired) electrons. The van der Waals surface area contributed by atoms with E-state index < -0.39 is 11.5 Å². The van der Waals surface area contributed by atoms with Gasteiger partial charge in [-0.05, 0) is 56.3 Å². The van der Waals surface area contributed by atoms with Crippen molar-refractivity contribution in [2.24, 2.45) is 17.8 Å². The number of carboxylic acids is 1. The summed E-state index contributed by atoms with van der Waals surface area (Å²) in [5.74, 6) is 1.31. The highest BCUT2D eigenvalue weighted by atomic mass is 16.4. The molecule has 21 heavy (non-hydrogen) atoms. The van der Waals surface area contributed by atoms with Gasteiger partial charge < -0.3 is 15.7 Å². The zero-order chi connectivity index (χ0) is 14.9. The minimum atomic E-state index is -1.04. The van der Waals surface area contributed by atoms with Crippen molar-refractivity contribution in [2.45, 2.75) is 63.3 Å². The largest absolute Gasteiger partial charge is 0.480 e. The van der Waals surface area contributed by atoms with Crippen LogP contribution in [0.4, 0.5) is 4.79 Å². The molecule has 0 bridgehead atoms. The molecular formula is C16H26N2O3. The van der Waals surface area contributed by atoms with Crippen LogP contribution in [-0.4, -0.2) is 29.2 Å². The fourth-order valence-corrected chi connectivity index (χ4v) is 3.79. The maximum atomic E-state index is 12.1. The normalized spacial score (nSPS) is 24.6. The molecule has 3 rings (SSSR count). The van der Waals surface area contributed by atoms with Crippen molar-refractivity contribution in [1.29, 1.82) is 0 Å². The lowest BCUT2D eigenvalue weighted by Gasteiger charge is -2.34. The Balaban J connectivity index is 1.51. The second-order valence-corrected chi connectivity index (χ2v) is 7.12. The van der Waals surface area contributed by atoms with Gasteiger partial charge in [0.25, 0.3) is 0 Å². The lowest BCUT2D eigenvalue weighted by molar-refractivity contribution is -0.145. The first kappa shape index (κ1) is 14.7. The summed E-state index contributed by atoms with van der Waals surface area (Å²) in [7, 11) is 0. The molecule has 0 aromatic rings. The van der Waals surface area contributed by atoms with Crippen molar-refractivity contribution in [3.8, 4) is 0 Å². The summed E-state index contributed by atoms with van der Waals surface area (Å²) in [6, 6.07) is -0.300. The molecule has 5 heteroatoms. The van der Waals surface area contributed by atoms with Gasteiger partial charge in [-0.2, -0.15) is 0 Å². The van der Waals surface area contributed by atoms with Crippen LogP contribution < -0.4 is 10.6 Å². The van der Waals surface area contributed by atoms with Gasteiger partial charge in [-0.1, -0.05) is 19.3 Å². The number of nitrogens with one attached hydrogen (secondary N) is 2. The first-order valence-corrected chi connectivity index (χ1v) is 8.40. The van der Waals surface area contributed by atoms with E-state index >= 15 is 0 Å². The van der Waals surface area contributed by atoms with Crippen LogP contribution in [-0.2, 0) is 4.79 Å². The van der Waals surface area contributed by atoms with Crippen molar-refractivity contribution in [1.82, 2.24) is 10.6 Å². The summed E-state index contributed by atoms with van der Waals surface area (Å²) in [6.45, 7) is 0.705. The third kappa shape index (κ3) is 3.50. The molecule has 3 saturated carbocycles. The molecule has 0 aromatic carbocycles. The topological polar surface area (TPSA) is 78.4 Å². The average molecular weight is 294 g/mol. The number of aliphatic carboxylic acids is 1. The quantitative estimate of drug-likeness (QED) is 0.704. The second-order valence-electron chi connectivity index (χ2n) is 7.12. The Morgan fingerprint density at radius 3 is 2.10 bits per heavy atom. The molecule has 0 spiro atoms. The zero-order valence-corrected chi connectivity index (χ0v) is 12.6. The minimum absolute atomic E-state index is 0.300. The monoisotopic (exact) mass is 294 g/mol. The molecule has 3 N–H and O–H groups in total. The van der Waals surface area contributed by atoms with Gasteiger partial charge in [-0.25, -0.2) is 9.59 Å². The number of hydrogen-bond donors (Lipinski definition) is 3. The predicted octanol–water partition coefficient (Wildman–Crippen LogP) is 2.51. The Hall–Kier alpha value is -1.26. The number of urea groups is 1. The third-order valence-corrected chi connectivity index (χ3v) is 5.42. The molecule has 0 heterocycles. The number of amides is 2. The van der Waals surface area contributed by atoms with Crippen molar-refractivity contribution in [3.05, 3.63) is 0 Å². The summed E-state index contributed by atoms with van der Waals surface area (Å²) in [4.78, 5) is 23.7. The van der Waals surface area contributed by atoms with Gasteiger partial charge in [0.05, 0.1) is 0 Å². The lowest BCUT2D eigenvalue weighted by Crippen LogP contribution is -2.58. The van der Waals surface area contributed by atoms with Gasteiger partial charge in [-0.15, -0.1) is 0 Å². The van der Waals surface area contributed by atoms with E-state index in [1.54, 1.807) is 0 Å². The molecule has 0 saturated heterocycles. The molecule has 3 aliphatic carbocycles. The van der Waals surface area contributed by atoms with E-state index in [0.29, 0.717) is 25.3 Å². The number of rotatable bonds is 6. The number of hydrogen-bond acceptors (Lipinski definition) is 2. The highest BCUT2D eigenvalue weighted by molar-refractivity contribution is 5.86. The lowest BCUT2D eigenvalue weighted by atomic mass is 9.82. The molecule has 3 aliphatic rings. The summed E-state index contributed by atoms with van der Waals surface area (Å²) < 4.78 is 0. The van der Waals surface area contributed by atoms with E-state index in [2.05, 4.69) is 10.6 Å². The standard InChI is InChI=1S/C16H26N2O3/c19-14(20)16(8-2-1-3-9-16)18-15(21)17-10-13(11-4-5-11)12-6-7-12/h11-13H,1-10H2,(H,19,20)(H2,17,18,21). The van der Waals surface area contributed by atoms with E-state index in [0.717, 1.165) is 31.1 Å². The molecule has 118 valence electrons. The smallest absolute Gasteiger partial charge is 0.329 e. The molecule has 0 aliphatic heterocycles. The SMILES string of the molecule is O=C(NCC(C1CC1)C1CC1)NC1(C(=O)O)CCCCC1. The van der Waals surface area contributed by atoms with Crippen LogP contribution in [0.5, 0.6) is 0 Å². The summed E-state index contributed by atoms with van der Waals surface area (Å²) >= 11 is 0. The van der Waals surface area contributed by atoms with Crippen LogP contribution in [0.2, 0.25) is 0 Å². The van der Waals surface area contributed by atoms with Crippen molar-refractivity contribution >= 4 is 12.0 Å². The Morgan fingerprint density at radius 1 is 1.05 bits per heavy atom. The summed E-state index contributed by atoms with van der Waals surface area (Å²) in [5.41, 5.74) is -1.04. The van der Waals surface area contributed by atoms with Gasteiger partial charge in [0.2, 0.25) is 0 Å². The van der Waals surface area contributed by atoms with E-state index in [1.165, 1.54) is 25.7 Å². The van der Waals surface area contributed by atoms with Gasteiger partial charge >= 0.3 is 12.0 Å². The third-order valence-electron chi connectivity index (χ3n) is 5.42. The van der Waals surface area contributed by atoms with Crippen molar-refractivity contribution in [2.75, 3.05) is 6.54 Å². The first-order chi connectivity index (χ1) is 10.1. The van der Waals surface area contributed by atoms with Gasteiger partial charge in [0, 0.05) is 6.54 Å². The maximum absolute atomic E-state index is 12.1.